The second-order valence-corrected chi connectivity index (χ2v) is 9.00. The van der Waals surface area contributed by atoms with Crippen LogP contribution in [0.2, 0.25) is 0 Å². The largest absolute Gasteiger partial charge is 0.378 e. The monoisotopic (exact) mass is 454 g/mol. The Morgan fingerprint density at radius 2 is 1.53 bits per heavy atom. The second-order valence-electron chi connectivity index (χ2n) is 9.00. The molecule has 0 aromatic heterocycles. The summed E-state index contributed by atoms with van der Waals surface area (Å²) in [6, 6.07) is 22.3. The Bertz CT molecular complexity index is 1280. The predicted octanol–water partition coefficient (Wildman–Crippen LogP) is 5.64. The van der Waals surface area contributed by atoms with Crippen LogP contribution in [0.5, 0.6) is 0 Å². The molecule has 2 unspecified atom stereocenters. The minimum atomic E-state index is -0.413. The number of para-hydroxylation sites is 2. The average Bonchev–Trinajstić information content (AvgIpc) is 3.01. The zero-order valence-electron chi connectivity index (χ0n) is 19.1. The molecule has 7 heteroatoms. The fraction of sp³-hybridized carbons (Fsp3) is 0.222. The Labute approximate surface area is 198 Å². The van der Waals surface area contributed by atoms with Gasteiger partial charge in [-0.05, 0) is 59.9 Å². The summed E-state index contributed by atoms with van der Waals surface area (Å²) in [6.07, 6.45) is 1.13. The molecule has 3 aromatic rings. The second kappa shape index (κ2) is 8.67. The van der Waals surface area contributed by atoms with E-state index < -0.39 is 11.0 Å². The first-order chi connectivity index (χ1) is 16.4. The number of nitro groups is 1. The van der Waals surface area contributed by atoms with Crippen LogP contribution < -0.4 is 15.5 Å². The van der Waals surface area contributed by atoms with Gasteiger partial charge in [-0.2, -0.15) is 0 Å². The van der Waals surface area contributed by atoms with Crippen LogP contribution in [0.1, 0.15) is 35.9 Å². The first kappa shape index (κ1) is 21.7. The smallest absolute Gasteiger partial charge is 0.269 e. The number of nitrogens with zero attached hydrogens (tertiary/aromatic N) is 2. The van der Waals surface area contributed by atoms with Gasteiger partial charge in [0.15, 0.2) is 5.78 Å². The maximum atomic E-state index is 13.6. The highest BCUT2D eigenvalue weighted by Gasteiger charge is 2.36. The van der Waals surface area contributed by atoms with Crippen LogP contribution in [0.4, 0.5) is 22.7 Å². The van der Waals surface area contributed by atoms with Gasteiger partial charge in [-0.15, -0.1) is 0 Å². The summed E-state index contributed by atoms with van der Waals surface area (Å²) >= 11 is 0. The van der Waals surface area contributed by atoms with Gasteiger partial charge >= 0.3 is 0 Å². The highest BCUT2D eigenvalue weighted by atomic mass is 16.6. The maximum Gasteiger partial charge on any atom is 0.269 e. The normalized spacial score (nSPS) is 19.3. The SMILES string of the molecule is CN(C)c1ccc(C2CC(=O)C3=C(C2)Nc2ccccc2NC3c2ccc([N+](=O)[O-])cc2)cc1. The lowest BCUT2D eigenvalue weighted by Crippen LogP contribution is -2.26. The van der Waals surface area contributed by atoms with E-state index in [9.17, 15) is 14.9 Å². The van der Waals surface area contributed by atoms with E-state index in [0.29, 0.717) is 18.4 Å². The van der Waals surface area contributed by atoms with E-state index in [1.807, 2.05) is 38.4 Å². The Morgan fingerprint density at radius 3 is 2.18 bits per heavy atom. The third-order valence-electron chi connectivity index (χ3n) is 6.63. The van der Waals surface area contributed by atoms with E-state index in [2.05, 4.69) is 39.8 Å². The summed E-state index contributed by atoms with van der Waals surface area (Å²) in [7, 11) is 4.02. The number of rotatable bonds is 4. The average molecular weight is 455 g/mol. The molecule has 172 valence electrons. The lowest BCUT2D eigenvalue weighted by Gasteiger charge is -2.30. The molecule has 1 heterocycles. The lowest BCUT2D eigenvalue weighted by atomic mass is 9.78. The molecule has 0 saturated carbocycles. The summed E-state index contributed by atoms with van der Waals surface area (Å²) in [4.78, 5) is 26.4. The Hall–Kier alpha value is -4.13. The predicted molar refractivity (Wildman–Crippen MR) is 134 cm³/mol. The molecule has 0 spiro atoms. The van der Waals surface area contributed by atoms with Gasteiger partial charge in [0, 0.05) is 49.6 Å². The quantitative estimate of drug-likeness (QED) is 0.392. The number of ketones is 1. The van der Waals surface area contributed by atoms with E-state index in [0.717, 1.165) is 33.9 Å². The first-order valence-corrected chi connectivity index (χ1v) is 11.3. The van der Waals surface area contributed by atoms with E-state index in [1.165, 1.54) is 12.1 Å². The molecule has 2 N–H and O–H groups in total. The van der Waals surface area contributed by atoms with Crippen LogP contribution in [0, 0.1) is 10.1 Å². The van der Waals surface area contributed by atoms with E-state index in [-0.39, 0.29) is 17.4 Å². The first-order valence-electron chi connectivity index (χ1n) is 11.3. The fourth-order valence-corrected chi connectivity index (χ4v) is 4.81. The summed E-state index contributed by atoms with van der Waals surface area (Å²) in [6.45, 7) is 0. The molecule has 0 bridgehead atoms. The molecule has 0 fully saturated rings. The van der Waals surface area contributed by atoms with Gasteiger partial charge in [-0.1, -0.05) is 24.3 Å². The van der Waals surface area contributed by atoms with Crippen molar-refractivity contribution in [3.63, 3.8) is 0 Å². The number of allylic oxidation sites excluding steroid dienone is 1. The highest BCUT2D eigenvalue weighted by Crippen LogP contribution is 2.44. The number of benzene rings is 3. The summed E-state index contributed by atoms with van der Waals surface area (Å²) in [5.41, 5.74) is 6.51. The van der Waals surface area contributed by atoms with Crippen molar-refractivity contribution >= 4 is 28.5 Å². The fourth-order valence-electron chi connectivity index (χ4n) is 4.81. The molecule has 0 saturated heterocycles. The third kappa shape index (κ3) is 4.01. The summed E-state index contributed by atoms with van der Waals surface area (Å²) in [5.74, 6) is 0.164. The Balaban J connectivity index is 1.55. The van der Waals surface area contributed by atoms with Gasteiger partial charge in [-0.25, -0.2) is 0 Å². The van der Waals surface area contributed by atoms with Crippen molar-refractivity contribution in [3.05, 3.63) is 105 Å². The molecule has 34 heavy (non-hydrogen) atoms. The van der Waals surface area contributed by atoms with Crippen LogP contribution in [0.3, 0.4) is 0 Å². The molecular weight excluding hydrogens is 428 g/mol. The van der Waals surface area contributed by atoms with E-state index in [1.54, 1.807) is 12.1 Å². The molecule has 2 atom stereocenters. The number of non-ortho nitro benzene ring substituents is 1. The van der Waals surface area contributed by atoms with E-state index in [4.69, 9.17) is 0 Å². The van der Waals surface area contributed by atoms with Gasteiger partial charge in [0.1, 0.15) is 0 Å². The summed E-state index contributed by atoms with van der Waals surface area (Å²) in [5, 5.41) is 18.2. The zero-order chi connectivity index (χ0) is 23.8. The van der Waals surface area contributed by atoms with Crippen LogP contribution >= 0.6 is 0 Å². The molecular formula is C27H26N4O3. The van der Waals surface area contributed by atoms with E-state index >= 15 is 0 Å². The number of nitrogens with one attached hydrogen (secondary N) is 2. The topological polar surface area (TPSA) is 87.5 Å². The number of Topliss-reactive ketones (excluding diaryl/α,β-unsaturated/α-hetero) is 1. The van der Waals surface area contributed by atoms with Crippen molar-refractivity contribution in [3.8, 4) is 0 Å². The third-order valence-corrected chi connectivity index (χ3v) is 6.63. The summed E-state index contributed by atoms with van der Waals surface area (Å²) < 4.78 is 0. The van der Waals surface area contributed by atoms with Crippen molar-refractivity contribution < 1.29 is 9.72 Å². The molecule has 0 radical (unpaired) electrons. The van der Waals surface area contributed by atoms with Gasteiger partial charge in [-0.3, -0.25) is 14.9 Å². The molecule has 0 amide bonds. The Morgan fingerprint density at radius 1 is 0.882 bits per heavy atom. The van der Waals surface area contributed by atoms with Crippen molar-refractivity contribution in [1.82, 2.24) is 0 Å². The minimum absolute atomic E-state index is 0.0290. The van der Waals surface area contributed by atoms with Crippen molar-refractivity contribution in [2.24, 2.45) is 0 Å². The standard InChI is InChI=1S/C27H26N4O3/c1-30(2)20-11-7-17(8-12-20)19-15-24-26(25(32)16-19)27(18-9-13-21(14-10-18)31(33)34)29-23-6-4-3-5-22(23)28-24/h3-14,19,27-29H,15-16H2,1-2H3. The van der Waals surface area contributed by atoms with Gasteiger partial charge in [0.2, 0.25) is 0 Å². The number of fused-ring (bicyclic) bond motifs is 1. The zero-order valence-corrected chi connectivity index (χ0v) is 19.1. The molecule has 3 aromatic carbocycles. The van der Waals surface area contributed by atoms with Crippen LogP contribution in [-0.2, 0) is 4.79 Å². The van der Waals surface area contributed by atoms with Crippen LogP contribution in [-0.4, -0.2) is 24.8 Å². The van der Waals surface area contributed by atoms with Crippen molar-refractivity contribution in [2.45, 2.75) is 24.8 Å². The van der Waals surface area contributed by atoms with Gasteiger partial charge in [0.05, 0.1) is 22.3 Å². The van der Waals surface area contributed by atoms with Gasteiger partial charge < -0.3 is 15.5 Å². The van der Waals surface area contributed by atoms with Crippen LogP contribution in [0.15, 0.2) is 84.1 Å². The molecule has 1 aliphatic heterocycles. The number of hydrogen-bond donors (Lipinski definition) is 2. The minimum Gasteiger partial charge on any atom is -0.378 e. The van der Waals surface area contributed by atoms with Crippen molar-refractivity contribution in [2.75, 3.05) is 29.6 Å². The number of carbonyl (C=O) groups is 1. The molecule has 1 aliphatic carbocycles. The number of carbonyl (C=O) groups excluding carboxylic acids is 1. The maximum absolute atomic E-state index is 13.6. The lowest BCUT2D eigenvalue weighted by molar-refractivity contribution is -0.384. The number of nitro benzene ring substituents is 1. The molecule has 2 aliphatic rings. The molecule has 5 rings (SSSR count). The van der Waals surface area contributed by atoms with Crippen LogP contribution in [0.25, 0.3) is 0 Å². The van der Waals surface area contributed by atoms with Crippen molar-refractivity contribution in [1.29, 1.82) is 0 Å². The van der Waals surface area contributed by atoms with Gasteiger partial charge in [0.25, 0.3) is 5.69 Å². The molecule has 7 nitrogen and oxygen atoms in total. The number of anilines is 3. The number of hydrogen-bond acceptors (Lipinski definition) is 6. The highest BCUT2D eigenvalue weighted by molar-refractivity contribution is 6.01. The Kier molecular flexibility index (Phi) is 5.53.